The van der Waals surface area contributed by atoms with Crippen LogP contribution in [0.4, 0.5) is 0 Å². The molecule has 0 spiro atoms. The standard InChI is InChI=1S/C15H12O2/c16-14-10-12-8-4-5-9-13(12)15(17-14)11-6-2-1-3-7-11/h1-9,15H,10H2. The van der Waals surface area contributed by atoms with E-state index in [1.165, 1.54) is 0 Å². The maximum Gasteiger partial charge on any atom is 0.311 e. The van der Waals surface area contributed by atoms with Crippen molar-refractivity contribution in [3.05, 3.63) is 71.3 Å². The molecule has 0 fully saturated rings. The lowest BCUT2D eigenvalue weighted by Gasteiger charge is -2.25. The molecule has 1 aliphatic heterocycles. The van der Waals surface area contributed by atoms with Crippen LogP contribution < -0.4 is 0 Å². The molecule has 84 valence electrons. The zero-order valence-corrected chi connectivity index (χ0v) is 9.30. The normalized spacial score (nSPS) is 18.4. The second kappa shape index (κ2) is 4.06. The lowest BCUT2D eigenvalue weighted by molar-refractivity contribution is -0.148. The van der Waals surface area contributed by atoms with Crippen LogP contribution in [0, 0.1) is 0 Å². The third-order valence-corrected chi connectivity index (χ3v) is 3.02. The largest absolute Gasteiger partial charge is 0.452 e. The summed E-state index contributed by atoms with van der Waals surface area (Å²) >= 11 is 0. The maximum atomic E-state index is 11.6. The Labute approximate surface area is 99.9 Å². The summed E-state index contributed by atoms with van der Waals surface area (Å²) in [5.74, 6) is -0.155. The van der Waals surface area contributed by atoms with Crippen LogP contribution in [0.1, 0.15) is 22.8 Å². The molecule has 0 saturated carbocycles. The van der Waals surface area contributed by atoms with Crippen molar-refractivity contribution in [2.24, 2.45) is 0 Å². The van der Waals surface area contributed by atoms with Crippen molar-refractivity contribution in [2.75, 3.05) is 0 Å². The van der Waals surface area contributed by atoms with Crippen molar-refractivity contribution in [2.45, 2.75) is 12.5 Å². The van der Waals surface area contributed by atoms with E-state index in [0.717, 1.165) is 16.7 Å². The van der Waals surface area contributed by atoms with Crippen LogP contribution in [0.15, 0.2) is 54.6 Å². The summed E-state index contributed by atoms with van der Waals surface area (Å²) in [6.07, 6.45) is 0.119. The van der Waals surface area contributed by atoms with Crippen LogP contribution >= 0.6 is 0 Å². The van der Waals surface area contributed by atoms with Crippen LogP contribution in [0.25, 0.3) is 0 Å². The minimum absolute atomic E-state index is 0.155. The van der Waals surface area contributed by atoms with E-state index in [9.17, 15) is 4.79 Å². The molecule has 0 saturated heterocycles. The Morgan fingerprint density at radius 2 is 1.65 bits per heavy atom. The molecule has 0 aromatic heterocycles. The summed E-state index contributed by atoms with van der Waals surface area (Å²) in [6, 6.07) is 17.8. The van der Waals surface area contributed by atoms with E-state index >= 15 is 0 Å². The average molecular weight is 224 g/mol. The number of ether oxygens (including phenoxy) is 1. The molecule has 0 radical (unpaired) electrons. The summed E-state index contributed by atoms with van der Waals surface area (Å²) in [5, 5.41) is 0. The quantitative estimate of drug-likeness (QED) is 0.696. The molecule has 17 heavy (non-hydrogen) atoms. The van der Waals surface area contributed by atoms with E-state index in [2.05, 4.69) is 0 Å². The molecule has 0 amide bonds. The predicted molar refractivity (Wildman–Crippen MR) is 64.5 cm³/mol. The highest BCUT2D eigenvalue weighted by atomic mass is 16.5. The van der Waals surface area contributed by atoms with Crippen molar-refractivity contribution < 1.29 is 9.53 Å². The zero-order valence-electron chi connectivity index (χ0n) is 9.30. The van der Waals surface area contributed by atoms with Gasteiger partial charge in [0.05, 0.1) is 6.42 Å². The molecule has 2 aromatic rings. The molecule has 0 aliphatic carbocycles. The minimum atomic E-state index is -0.256. The smallest absolute Gasteiger partial charge is 0.311 e. The van der Waals surface area contributed by atoms with Crippen LogP contribution in [0.5, 0.6) is 0 Å². The first-order valence-electron chi connectivity index (χ1n) is 5.67. The molecule has 1 atom stereocenters. The molecule has 0 N–H and O–H groups in total. The topological polar surface area (TPSA) is 26.3 Å². The number of hydrogen-bond acceptors (Lipinski definition) is 2. The molecule has 1 heterocycles. The second-order valence-electron chi connectivity index (χ2n) is 4.16. The number of hydrogen-bond donors (Lipinski definition) is 0. The molecule has 2 nitrogen and oxygen atoms in total. The summed E-state index contributed by atoms with van der Waals surface area (Å²) in [7, 11) is 0. The monoisotopic (exact) mass is 224 g/mol. The first-order chi connectivity index (χ1) is 8.34. The van der Waals surface area contributed by atoms with Crippen LogP contribution in [-0.2, 0) is 16.0 Å². The van der Waals surface area contributed by atoms with Crippen LogP contribution in [0.2, 0.25) is 0 Å². The van der Waals surface area contributed by atoms with Crippen LogP contribution in [-0.4, -0.2) is 5.97 Å². The van der Waals surface area contributed by atoms with Gasteiger partial charge in [0, 0.05) is 5.56 Å². The molecule has 1 unspecified atom stereocenters. The van der Waals surface area contributed by atoms with E-state index in [0.29, 0.717) is 6.42 Å². The van der Waals surface area contributed by atoms with Gasteiger partial charge in [-0.05, 0) is 11.1 Å². The van der Waals surface area contributed by atoms with E-state index in [1.54, 1.807) is 0 Å². The number of benzene rings is 2. The van der Waals surface area contributed by atoms with Gasteiger partial charge in [-0.15, -0.1) is 0 Å². The number of rotatable bonds is 1. The predicted octanol–water partition coefficient (Wildman–Crippen LogP) is 2.88. The molecule has 2 heteroatoms. The third-order valence-electron chi connectivity index (χ3n) is 3.02. The van der Waals surface area contributed by atoms with Crippen molar-refractivity contribution in [1.82, 2.24) is 0 Å². The fraction of sp³-hybridized carbons (Fsp3) is 0.133. The highest BCUT2D eigenvalue weighted by Gasteiger charge is 2.26. The Hall–Kier alpha value is -2.09. The highest BCUT2D eigenvalue weighted by Crippen LogP contribution is 2.32. The van der Waals surface area contributed by atoms with Crippen LogP contribution in [0.3, 0.4) is 0 Å². The average Bonchev–Trinajstić information content (AvgIpc) is 2.39. The van der Waals surface area contributed by atoms with Gasteiger partial charge in [0.2, 0.25) is 0 Å². The van der Waals surface area contributed by atoms with Gasteiger partial charge in [-0.1, -0.05) is 54.6 Å². The molecule has 1 aliphatic rings. The SMILES string of the molecule is O=C1Cc2ccccc2C(c2ccccc2)O1. The first-order valence-corrected chi connectivity index (χ1v) is 5.67. The van der Waals surface area contributed by atoms with Gasteiger partial charge in [0.1, 0.15) is 0 Å². The van der Waals surface area contributed by atoms with Gasteiger partial charge < -0.3 is 4.74 Å². The fourth-order valence-corrected chi connectivity index (χ4v) is 2.22. The maximum absolute atomic E-state index is 11.6. The zero-order chi connectivity index (χ0) is 11.7. The summed E-state index contributed by atoms with van der Waals surface area (Å²) in [5.41, 5.74) is 3.18. The van der Waals surface area contributed by atoms with E-state index in [1.807, 2.05) is 54.6 Å². The van der Waals surface area contributed by atoms with Gasteiger partial charge in [0.25, 0.3) is 0 Å². The lowest BCUT2D eigenvalue weighted by atomic mass is 9.93. The molecule has 3 rings (SSSR count). The van der Waals surface area contributed by atoms with Gasteiger partial charge >= 0.3 is 5.97 Å². The highest BCUT2D eigenvalue weighted by molar-refractivity contribution is 5.76. The van der Waals surface area contributed by atoms with Crippen molar-refractivity contribution in [3.8, 4) is 0 Å². The lowest BCUT2D eigenvalue weighted by Crippen LogP contribution is -2.22. The van der Waals surface area contributed by atoms with Crippen molar-refractivity contribution in [1.29, 1.82) is 0 Å². The Morgan fingerprint density at radius 1 is 0.941 bits per heavy atom. The number of carbonyl (C=O) groups excluding carboxylic acids is 1. The van der Waals surface area contributed by atoms with Crippen molar-refractivity contribution in [3.63, 3.8) is 0 Å². The van der Waals surface area contributed by atoms with Gasteiger partial charge in [-0.25, -0.2) is 0 Å². The van der Waals surface area contributed by atoms with E-state index in [4.69, 9.17) is 4.74 Å². The Kier molecular flexibility index (Phi) is 2.41. The summed E-state index contributed by atoms with van der Waals surface area (Å²) in [6.45, 7) is 0. The van der Waals surface area contributed by atoms with Gasteiger partial charge in [-0.2, -0.15) is 0 Å². The summed E-state index contributed by atoms with van der Waals surface area (Å²) in [4.78, 5) is 11.6. The summed E-state index contributed by atoms with van der Waals surface area (Å²) < 4.78 is 5.46. The van der Waals surface area contributed by atoms with Crippen molar-refractivity contribution >= 4 is 5.97 Å². The Morgan fingerprint density at radius 3 is 2.47 bits per heavy atom. The number of carbonyl (C=O) groups is 1. The second-order valence-corrected chi connectivity index (χ2v) is 4.16. The number of fused-ring (bicyclic) bond motifs is 1. The minimum Gasteiger partial charge on any atom is -0.452 e. The first kappa shape index (κ1) is 10.1. The van der Waals surface area contributed by atoms with Gasteiger partial charge in [-0.3, -0.25) is 4.79 Å². The molecule has 2 aromatic carbocycles. The third kappa shape index (κ3) is 1.82. The molecular weight excluding hydrogens is 212 g/mol. The number of esters is 1. The Balaban J connectivity index is 2.10. The van der Waals surface area contributed by atoms with Gasteiger partial charge in [0.15, 0.2) is 6.10 Å². The van der Waals surface area contributed by atoms with E-state index < -0.39 is 0 Å². The number of cyclic esters (lactones) is 1. The fourth-order valence-electron chi connectivity index (χ4n) is 2.22. The Bertz CT molecular complexity index is 546. The molecular formula is C15H12O2. The van der Waals surface area contributed by atoms with E-state index in [-0.39, 0.29) is 12.1 Å². The molecule has 0 bridgehead atoms.